The van der Waals surface area contributed by atoms with E-state index in [1.807, 2.05) is 0 Å². The number of amides is 2. The van der Waals surface area contributed by atoms with Gasteiger partial charge in [0.05, 0.1) is 17.3 Å². The van der Waals surface area contributed by atoms with Crippen LogP contribution in [0.2, 0.25) is 0 Å². The minimum atomic E-state index is -0.912. The lowest BCUT2D eigenvalue weighted by atomic mass is 9.84. The van der Waals surface area contributed by atoms with Crippen LogP contribution in [0.5, 0.6) is 0 Å². The molecule has 8 heteroatoms. The van der Waals surface area contributed by atoms with E-state index in [-0.39, 0.29) is 22.9 Å². The summed E-state index contributed by atoms with van der Waals surface area (Å²) in [5.41, 5.74) is 1.39. The molecule has 0 aliphatic heterocycles. The van der Waals surface area contributed by atoms with Crippen LogP contribution >= 0.6 is 0 Å². The predicted octanol–water partition coefficient (Wildman–Crippen LogP) is 3.64. The molecule has 2 rings (SSSR count). The van der Waals surface area contributed by atoms with Crippen molar-refractivity contribution in [2.24, 2.45) is 12.5 Å². The molecule has 172 valence electrons. The van der Waals surface area contributed by atoms with Crippen LogP contribution in [0.1, 0.15) is 65.4 Å². The highest BCUT2D eigenvalue weighted by molar-refractivity contribution is 6.43. The first-order valence-electron chi connectivity index (χ1n) is 10.3. The number of aromatic nitrogens is 1. The molecule has 0 saturated carbocycles. The van der Waals surface area contributed by atoms with Crippen LogP contribution in [0.25, 0.3) is 0 Å². The van der Waals surface area contributed by atoms with Crippen molar-refractivity contribution in [2.75, 3.05) is 5.32 Å². The number of benzene rings is 1. The van der Waals surface area contributed by atoms with Crippen LogP contribution in [-0.2, 0) is 16.6 Å². The van der Waals surface area contributed by atoms with E-state index in [9.17, 15) is 23.6 Å². The Morgan fingerprint density at radius 3 is 2.16 bits per heavy atom. The average Bonchev–Trinajstić information content (AvgIpc) is 2.89. The van der Waals surface area contributed by atoms with E-state index >= 15 is 0 Å². The number of rotatable bonds is 6. The lowest BCUT2D eigenvalue weighted by molar-refractivity contribution is -0.126. The number of hydrogen-bond acceptors (Lipinski definition) is 4. The molecular weight excluding hydrogens is 413 g/mol. The van der Waals surface area contributed by atoms with Gasteiger partial charge in [-0.05, 0) is 62.4 Å². The number of halogens is 1. The molecule has 2 aromatic rings. The Labute approximate surface area is 187 Å². The highest BCUT2D eigenvalue weighted by Crippen LogP contribution is 2.25. The summed E-state index contributed by atoms with van der Waals surface area (Å²) in [6.07, 6.45) is 0. The van der Waals surface area contributed by atoms with Gasteiger partial charge >= 0.3 is 0 Å². The molecule has 7 nitrogen and oxygen atoms in total. The third-order valence-corrected chi connectivity index (χ3v) is 5.54. The van der Waals surface area contributed by atoms with E-state index in [0.29, 0.717) is 22.5 Å². The maximum Gasteiger partial charge on any atom is 0.294 e. The van der Waals surface area contributed by atoms with Crippen molar-refractivity contribution in [1.82, 2.24) is 9.88 Å². The van der Waals surface area contributed by atoms with Crippen molar-refractivity contribution in [1.29, 1.82) is 0 Å². The minimum Gasteiger partial charge on any atom is -0.344 e. The van der Waals surface area contributed by atoms with Gasteiger partial charge in [0, 0.05) is 18.4 Å². The SMILES string of the molecule is CC(=O)[C@@H](NC(=O)C(=O)c1c(C)c(C(=O)Nc2ccc(F)c(C)c2)c(C)n1C)C(C)(C)C. The first-order valence-corrected chi connectivity index (χ1v) is 10.3. The number of ketones is 2. The molecule has 0 saturated heterocycles. The van der Waals surface area contributed by atoms with Crippen LogP contribution < -0.4 is 10.6 Å². The first kappa shape index (κ1) is 25.0. The second-order valence-electron chi connectivity index (χ2n) is 9.12. The molecule has 0 fully saturated rings. The van der Waals surface area contributed by atoms with Gasteiger partial charge in [0.2, 0.25) is 0 Å². The van der Waals surface area contributed by atoms with Crippen LogP contribution in [0.3, 0.4) is 0 Å². The number of carbonyl (C=O) groups excluding carboxylic acids is 4. The Kier molecular flexibility index (Phi) is 7.07. The summed E-state index contributed by atoms with van der Waals surface area (Å²) >= 11 is 0. The zero-order valence-corrected chi connectivity index (χ0v) is 19.8. The van der Waals surface area contributed by atoms with Gasteiger partial charge in [-0.3, -0.25) is 19.2 Å². The lowest BCUT2D eigenvalue weighted by Crippen LogP contribution is -2.50. The van der Waals surface area contributed by atoms with E-state index in [2.05, 4.69) is 10.6 Å². The van der Waals surface area contributed by atoms with Gasteiger partial charge in [0.15, 0.2) is 5.78 Å². The Bertz CT molecular complexity index is 1110. The van der Waals surface area contributed by atoms with Gasteiger partial charge in [-0.2, -0.15) is 0 Å². The molecule has 0 unspecified atom stereocenters. The van der Waals surface area contributed by atoms with E-state index in [1.54, 1.807) is 48.6 Å². The molecule has 1 atom stereocenters. The number of carbonyl (C=O) groups is 4. The van der Waals surface area contributed by atoms with E-state index in [4.69, 9.17) is 0 Å². The van der Waals surface area contributed by atoms with Crippen LogP contribution in [0, 0.1) is 32.0 Å². The highest BCUT2D eigenvalue weighted by atomic mass is 19.1. The van der Waals surface area contributed by atoms with Crippen molar-refractivity contribution in [2.45, 2.75) is 54.5 Å². The fourth-order valence-corrected chi connectivity index (χ4v) is 3.78. The third-order valence-electron chi connectivity index (χ3n) is 5.54. The predicted molar refractivity (Wildman–Crippen MR) is 120 cm³/mol. The smallest absolute Gasteiger partial charge is 0.294 e. The van der Waals surface area contributed by atoms with Crippen molar-refractivity contribution in [3.63, 3.8) is 0 Å². The van der Waals surface area contributed by atoms with E-state index in [1.165, 1.54) is 29.7 Å². The number of nitrogens with one attached hydrogen (secondary N) is 2. The molecule has 0 bridgehead atoms. The lowest BCUT2D eigenvalue weighted by Gasteiger charge is -2.29. The van der Waals surface area contributed by atoms with Gasteiger partial charge < -0.3 is 15.2 Å². The summed E-state index contributed by atoms with van der Waals surface area (Å²) in [5, 5.41) is 5.24. The van der Waals surface area contributed by atoms with E-state index in [0.717, 1.165) is 0 Å². The van der Waals surface area contributed by atoms with Crippen LogP contribution in [0.4, 0.5) is 10.1 Å². The van der Waals surface area contributed by atoms with Crippen molar-refractivity contribution >= 4 is 29.1 Å². The second kappa shape index (κ2) is 9.06. The van der Waals surface area contributed by atoms with Crippen molar-refractivity contribution in [3.8, 4) is 0 Å². The first-order chi connectivity index (χ1) is 14.7. The number of Topliss-reactive ketones (excluding diaryl/α,β-unsaturated/α-hetero) is 2. The molecular formula is C24H30FN3O4. The van der Waals surface area contributed by atoms with E-state index < -0.39 is 29.1 Å². The maximum absolute atomic E-state index is 13.5. The van der Waals surface area contributed by atoms with Crippen molar-refractivity contribution < 1.29 is 23.6 Å². The normalized spacial score (nSPS) is 12.3. The number of nitrogens with zero attached hydrogens (tertiary/aromatic N) is 1. The number of anilines is 1. The molecule has 2 N–H and O–H groups in total. The Morgan fingerprint density at radius 2 is 1.66 bits per heavy atom. The van der Waals surface area contributed by atoms with Gasteiger partial charge in [-0.1, -0.05) is 20.8 Å². The number of aryl methyl sites for hydroxylation is 1. The quantitative estimate of drug-likeness (QED) is 0.526. The fraction of sp³-hybridized carbons (Fsp3) is 0.417. The average molecular weight is 444 g/mol. The van der Waals surface area contributed by atoms with Gasteiger partial charge in [0.1, 0.15) is 5.82 Å². The molecule has 2 amide bonds. The second-order valence-corrected chi connectivity index (χ2v) is 9.12. The molecule has 1 heterocycles. The zero-order valence-electron chi connectivity index (χ0n) is 19.8. The molecule has 1 aromatic heterocycles. The summed E-state index contributed by atoms with van der Waals surface area (Å²) in [7, 11) is 1.59. The summed E-state index contributed by atoms with van der Waals surface area (Å²) in [5.74, 6) is -2.86. The minimum absolute atomic E-state index is 0.0663. The molecule has 1 aromatic carbocycles. The number of hydrogen-bond donors (Lipinski definition) is 2. The molecule has 0 aliphatic rings. The maximum atomic E-state index is 13.5. The molecule has 32 heavy (non-hydrogen) atoms. The molecule has 0 spiro atoms. The monoisotopic (exact) mass is 443 g/mol. The summed E-state index contributed by atoms with van der Waals surface area (Å²) < 4.78 is 15.0. The van der Waals surface area contributed by atoms with Crippen LogP contribution in [-0.4, -0.2) is 34.0 Å². The standard InChI is InChI=1S/C24H30FN3O4/c1-12-11-16(9-10-17(12)25)26-22(31)18-13(2)19(28(8)14(18)3)20(30)23(32)27-21(15(4)29)24(5,6)7/h9-11,21H,1-8H3,(H,26,31)(H,27,32)/t21-/m1/s1. The molecule has 0 aliphatic carbocycles. The van der Waals surface area contributed by atoms with Crippen molar-refractivity contribution in [3.05, 3.63) is 52.1 Å². The summed E-state index contributed by atoms with van der Waals surface area (Å²) in [4.78, 5) is 50.6. The highest BCUT2D eigenvalue weighted by Gasteiger charge is 2.34. The summed E-state index contributed by atoms with van der Waals surface area (Å²) in [6.45, 7) is 11.6. The zero-order chi connectivity index (χ0) is 24.5. The topological polar surface area (TPSA) is 97.3 Å². The fourth-order valence-electron chi connectivity index (χ4n) is 3.78. The van der Waals surface area contributed by atoms with Gasteiger partial charge in [-0.15, -0.1) is 0 Å². The van der Waals surface area contributed by atoms with Crippen LogP contribution in [0.15, 0.2) is 18.2 Å². The van der Waals surface area contributed by atoms with Gasteiger partial charge in [0.25, 0.3) is 17.6 Å². The Morgan fingerprint density at radius 1 is 1.06 bits per heavy atom. The van der Waals surface area contributed by atoms with Gasteiger partial charge in [-0.25, -0.2) is 4.39 Å². The summed E-state index contributed by atoms with van der Waals surface area (Å²) in [6, 6.07) is 3.39. The Hall–Kier alpha value is -3.29. The Balaban J connectivity index is 2.36. The third kappa shape index (κ3) is 4.95. The largest absolute Gasteiger partial charge is 0.344 e. The molecule has 0 radical (unpaired) electrons.